The van der Waals surface area contributed by atoms with Gasteiger partial charge in [0.25, 0.3) is 0 Å². The first-order valence-electron chi connectivity index (χ1n) is 6.33. The molecule has 1 aromatic carbocycles. The summed E-state index contributed by atoms with van der Waals surface area (Å²) >= 11 is 1.52. The summed E-state index contributed by atoms with van der Waals surface area (Å²) in [7, 11) is 0. The van der Waals surface area contributed by atoms with Crippen LogP contribution in [-0.4, -0.2) is 21.7 Å². The van der Waals surface area contributed by atoms with Crippen molar-refractivity contribution in [3.63, 3.8) is 0 Å². The van der Waals surface area contributed by atoms with E-state index in [-0.39, 0.29) is 0 Å². The Balaban J connectivity index is 1.58. The van der Waals surface area contributed by atoms with Gasteiger partial charge in [-0.1, -0.05) is 23.4 Å². The van der Waals surface area contributed by atoms with Crippen LogP contribution in [0.1, 0.15) is 11.5 Å². The Labute approximate surface area is 120 Å². The van der Waals surface area contributed by atoms with Crippen molar-refractivity contribution in [2.24, 2.45) is 0 Å². The van der Waals surface area contributed by atoms with Crippen LogP contribution in [0.3, 0.4) is 0 Å². The Morgan fingerprint density at radius 1 is 1.30 bits per heavy atom. The van der Waals surface area contributed by atoms with Gasteiger partial charge in [0.1, 0.15) is 5.69 Å². The third kappa shape index (κ3) is 2.85. The van der Waals surface area contributed by atoms with Crippen molar-refractivity contribution in [1.82, 2.24) is 15.1 Å². The minimum Gasteiger partial charge on any atom is -0.384 e. The quantitative estimate of drug-likeness (QED) is 0.780. The second-order valence-corrected chi connectivity index (χ2v) is 5.10. The highest BCUT2D eigenvalue weighted by molar-refractivity contribution is 7.07. The summed E-state index contributed by atoms with van der Waals surface area (Å²) in [6.45, 7) is 2.83. The summed E-state index contributed by atoms with van der Waals surface area (Å²) in [5, 5.41) is 9.20. The van der Waals surface area contributed by atoms with Gasteiger partial charge >= 0.3 is 0 Å². The Kier molecular flexibility index (Phi) is 3.73. The normalized spacial score (nSPS) is 10.7. The molecule has 0 saturated carbocycles. The predicted octanol–water partition coefficient (Wildman–Crippen LogP) is 3.16. The van der Waals surface area contributed by atoms with Gasteiger partial charge < -0.3 is 9.84 Å². The summed E-state index contributed by atoms with van der Waals surface area (Å²) in [5.74, 6) is 1.17. The molecule has 0 spiro atoms. The van der Waals surface area contributed by atoms with Crippen molar-refractivity contribution >= 4 is 17.0 Å². The zero-order valence-corrected chi connectivity index (χ0v) is 11.9. The number of anilines is 1. The molecule has 0 aliphatic heterocycles. The van der Waals surface area contributed by atoms with Crippen LogP contribution in [0.2, 0.25) is 0 Å². The molecule has 3 rings (SSSR count). The Morgan fingerprint density at radius 3 is 3.00 bits per heavy atom. The summed E-state index contributed by atoms with van der Waals surface area (Å²) < 4.78 is 5.22. The number of hydrogen-bond donors (Lipinski definition) is 1. The highest BCUT2D eigenvalue weighted by Crippen LogP contribution is 2.16. The molecule has 1 N–H and O–H groups in total. The molecule has 0 bridgehead atoms. The maximum absolute atomic E-state index is 5.22. The molecule has 3 aromatic rings. The molecular weight excluding hydrogens is 272 g/mol. The zero-order chi connectivity index (χ0) is 13.8. The number of nitrogens with one attached hydrogen (secondary N) is 1. The molecule has 2 heterocycles. The summed E-state index contributed by atoms with van der Waals surface area (Å²) in [5.41, 5.74) is 4.87. The molecule has 0 aliphatic rings. The lowest BCUT2D eigenvalue weighted by Gasteiger charge is -2.07. The number of aromatic nitrogens is 3. The van der Waals surface area contributed by atoms with Gasteiger partial charge in [0.05, 0.1) is 5.51 Å². The van der Waals surface area contributed by atoms with Crippen LogP contribution in [-0.2, 0) is 6.42 Å². The van der Waals surface area contributed by atoms with Crippen LogP contribution in [0.25, 0.3) is 11.5 Å². The largest absolute Gasteiger partial charge is 0.384 e. The lowest BCUT2D eigenvalue weighted by molar-refractivity contribution is 0.381. The lowest BCUT2D eigenvalue weighted by atomic mass is 10.2. The molecular formula is C14H14N4OS. The molecule has 0 unspecified atom stereocenters. The SMILES string of the molecule is Cc1ccccc1NCCc1nc(-c2cscn2)no1. The average molecular weight is 286 g/mol. The predicted molar refractivity (Wildman–Crippen MR) is 78.8 cm³/mol. The molecule has 0 radical (unpaired) electrons. The molecule has 2 aromatic heterocycles. The van der Waals surface area contributed by atoms with Crippen LogP contribution in [0.4, 0.5) is 5.69 Å². The average Bonchev–Trinajstić information content (AvgIpc) is 3.11. The Hall–Kier alpha value is -2.21. The lowest BCUT2D eigenvalue weighted by Crippen LogP contribution is -2.06. The Morgan fingerprint density at radius 2 is 2.20 bits per heavy atom. The van der Waals surface area contributed by atoms with E-state index in [2.05, 4.69) is 39.5 Å². The molecule has 20 heavy (non-hydrogen) atoms. The molecule has 0 amide bonds. The number of rotatable bonds is 5. The van der Waals surface area contributed by atoms with Gasteiger partial charge in [-0.25, -0.2) is 4.98 Å². The topological polar surface area (TPSA) is 63.8 Å². The smallest absolute Gasteiger partial charge is 0.228 e. The number of aryl methyl sites for hydroxylation is 1. The van der Waals surface area contributed by atoms with Crippen LogP contribution in [0, 0.1) is 6.92 Å². The molecule has 0 saturated heterocycles. The van der Waals surface area contributed by atoms with E-state index in [1.54, 1.807) is 5.51 Å². The molecule has 102 valence electrons. The zero-order valence-electron chi connectivity index (χ0n) is 11.0. The number of benzene rings is 1. The monoisotopic (exact) mass is 286 g/mol. The maximum atomic E-state index is 5.22. The van der Waals surface area contributed by atoms with Gasteiger partial charge in [0.2, 0.25) is 11.7 Å². The first-order chi connectivity index (χ1) is 9.83. The van der Waals surface area contributed by atoms with Crippen LogP contribution < -0.4 is 5.32 Å². The van der Waals surface area contributed by atoms with E-state index in [0.717, 1.165) is 17.9 Å². The van der Waals surface area contributed by atoms with Gasteiger partial charge in [-0.05, 0) is 18.6 Å². The van der Waals surface area contributed by atoms with E-state index < -0.39 is 0 Å². The summed E-state index contributed by atoms with van der Waals surface area (Å²) in [4.78, 5) is 8.49. The number of hydrogen-bond acceptors (Lipinski definition) is 6. The van der Waals surface area contributed by atoms with Gasteiger partial charge in [-0.3, -0.25) is 0 Å². The molecule has 0 fully saturated rings. The Bertz CT molecular complexity index is 678. The van der Waals surface area contributed by atoms with Crippen LogP contribution in [0.15, 0.2) is 39.7 Å². The van der Waals surface area contributed by atoms with Crippen molar-refractivity contribution in [2.45, 2.75) is 13.3 Å². The number of thiazole rings is 1. The molecule has 0 aliphatic carbocycles. The van der Waals surface area contributed by atoms with E-state index in [9.17, 15) is 0 Å². The van der Waals surface area contributed by atoms with Crippen molar-refractivity contribution in [1.29, 1.82) is 0 Å². The minimum atomic E-state index is 0.553. The van der Waals surface area contributed by atoms with Crippen molar-refractivity contribution in [2.75, 3.05) is 11.9 Å². The van der Waals surface area contributed by atoms with Gasteiger partial charge in [-0.15, -0.1) is 11.3 Å². The second-order valence-electron chi connectivity index (χ2n) is 4.38. The van der Waals surface area contributed by atoms with Crippen molar-refractivity contribution in [3.8, 4) is 11.5 Å². The molecule has 5 nitrogen and oxygen atoms in total. The van der Waals surface area contributed by atoms with Crippen LogP contribution >= 0.6 is 11.3 Å². The highest BCUT2D eigenvalue weighted by atomic mass is 32.1. The van der Waals surface area contributed by atoms with Crippen molar-refractivity contribution in [3.05, 3.63) is 46.6 Å². The number of para-hydroxylation sites is 1. The fourth-order valence-electron chi connectivity index (χ4n) is 1.86. The second kappa shape index (κ2) is 5.83. The molecule has 0 atom stereocenters. The first-order valence-corrected chi connectivity index (χ1v) is 7.28. The standard InChI is InChI=1S/C14H14N4OS/c1-10-4-2-3-5-11(10)15-7-6-13-17-14(18-19-13)12-8-20-9-16-12/h2-5,8-9,15H,6-7H2,1H3. The fourth-order valence-corrected chi connectivity index (χ4v) is 2.39. The molecule has 6 heteroatoms. The van der Waals surface area contributed by atoms with Crippen LogP contribution in [0.5, 0.6) is 0 Å². The van der Waals surface area contributed by atoms with E-state index >= 15 is 0 Å². The fraction of sp³-hybridized carbons (Fsp3) is 0.214. The van der Waals surface area contributed by atoms with E-state index in [0.29, 0.717) is 18.1 Å². The third-order valence-electron chi connectivity index (χ3n) is 2.93. The van der Waals surface area contributed by atoms with E-state index in [1.807, 2.05) is 17.5 Å². The van der Waals surface area contributed by atoms with Gasteiger partial charge in [0.15, 0.2) is 0 Å². The summed E-state index contributed by atoms with van der Waals surface area (Å²) in [6.07, 6.45) is 0.686. The van der Waals surface area contributed by atoms with Crippen molar-refractivity contribution < 1.29 is 4.52 Å². The minimum absolute atomic E-state index is 0.553. The number of nitrogens with zero attached hydrogens (tertiary/aromatic N) is 3. The van der Waals surface area contributed by atoms with E-state index in [4.69, 9.17) is 4.52 Å². The maximum Gasteiger partial charge on any atom is 0.228 e. The third-order valence-corrected chi connectivity index (χ3v) is 3.52. The summed E-state index contributed by atoms with van der Waals surface area (Å²) in [6, 6.07) is 8.18. The first kappa shape index (κ1) is 12.8. The highest BCUT2D eigenvalue weighted by Gasteiger charge is 2.09. The van der Waals surface area contributed by atoms with E-state index in [1.165, 1.54) is 16.9 Å². The van der Waals surface area contributed by atoms with Gasteiger partial charge in [-0.2, -0.15) is 4.98 Å². The van der Waals surface area contributed by atoms with Gasteiger partial charge in [0, 0.05) is 24.0 Å².